The van der Waals surface area contributed by atoms with Crippen LogP contribution in [0.5, 0.6) is 0 Å². The first-order valence-electron chi connectivity index (χ1n) is 1.98. The smallest absolute Gasteiger partial charge is 0.142 e. The highest BCUT2D eigenvalue weighted by Crippen LogP contribution is 2.06. The van der Waals surface area contributed by atoms with Crippen LogP contribution in [0, 0.1) is 12.0 Å². The second kappa shape index (κ2) is 2.22. The van der Waals surface area contributed by atoms with Gasteiger partial charge in [0.05, 0.1) is 6.20 Å². The van der Waals surface area contributed by atoms with Gasteiger partial charge in [0.25, 0.3) is 0 Å². The number of halogens is 2. The molecule has 0 amide bonds. The second-order valence-corrected chi connectivity index (χ2v) is 2.10. The molecule has 8 heavy (non-hydrogen) atoms. The fourth-order valence-corrected chi connectivity index (χ4v) is 0.667. The van der Waals surface area contributed by atoms with Crippen molar-refractivity contribution in [1.82, 2.24) is 4.98 Å². The summed E-state index contributed by atoms with van der Waals surface area (Å²) in [5.41, 5.74) is 0. The van der Waals surface area contributed by atoms with Gasteiger partial charge in [-0.15, -0.1) is 0 Å². The Morgan fingerprint density at radius 1 is 1.75 bits per heavy atom. The molecule has 3 heteroatoms. The molecule has 1 aromatic heterocycles. The van der Waals surface area contributed by atoms with Crippen molar-refractivity contribution >= 4 is 15.9 Å². The maximum absolute atomic E-state index is 12.1. The van der Waals surface area contributed by atoms with E-state index < -0.39 is 0 Å². The first kappa shape index (κ1) is 5.69. The van der Waals surface area contributed by atoms with Crippen molar-refractivity contribution in [3.63, 3.8) is 0 Å². The summed E-state index contributed by atoms with van der Waals surface area (Å²) in [6, 6.07) is 1.30. The van der Waals surface area contributed by atoms with Crippen molar-refractivity contribution in [1.29, 1.82) is 0 Å². The minimum Gasteiger partial charge on any atom is -0.250 e. The second-order valence-electron chi connectivity index (χ2n) is 1.25. The predicted octanol–water partition coefficient (Wildman–Crippen LogP) is 1.78. The molecule has 0 bridgehead atoms. The average molecular weight is 175 g/mol. The van der Waals surface area contributed by atoms with Crippen LogP contribution in [-0.4, -0.2) is 4.98 Å². The molecule has 0 saturated carbocycles. The Bertz CT molecular complexity index is 172. The summed E-state index contributed by atoms with van der Waals surface area (Å²) >= 11 is 3.00. The topological polar surface area (TPSA) is 12.9 Å². The number of nitrogens with zero attached hydrogens (tertiary/aromatic N) is 1. The van der Waals surface area contributed by atoms with Crippen LogP contribution in [0.25, 0.3) is 0 Å². The fourth-order valence-electron chi connectivity index (χ4n) is 0.346. The molecule has 41 valence electrons. The van der Waals surface area contributed by atoms with Crippen LogP contribution in [0.2, 0.25) is 0 Å². The Morgan fingerprint density at radius 2 is 2.50 bits per heavy atom. The fraction of sp³-hybridized carbons (Fsp3) is 0. The van der Waals surface area contributed by atoms with Crippen molar-refractivity contribution in [2.45, 2.75) is 0 Å². The Kier molecular flexibility index (Phi) is 1.58. The van der Waals surface area contributed by atoms with Gasteiger partial charge in [0.2, 0.25) is 0 Å². The molecular formula is C5H2BrFN. The maximum Gasteiger partial charge on any atom is 0.142 e. The van der Waals surface area contributed by atoms with E-state index in [1.807, 2.05) is 0 Å². The van der Waals surface area contributed by atoms with Gasteiger partial charge in [0.1, 0.15) is 12.0 Å². The number of rotatable bonds is 0. The Morgan fingerprint density at radius 3 is 2.88 bits per heavy atom. The Labute approximate surface area is 54.7 Å². The van der Waals surface area contributed by atoms with Crippen LogP contribution in [0.3, 0.4) is 0 Å². The normalized spacial score (nSPS) is 9.25. The van der Waals surface area contributed by atoms with Crippen LogP contribution >= 0.6 is 15.9 Å². The first-order chi connectivity index (χ1) is 3.79. The van der Waals surface area contributed by atoms with E-state index in [1.54, 1.807) is 0 Å². The Hall–Kier alpha value is -0.440. The zero-order chi connectivity index (χ0) is 5.98. The molecular weight excluding hydrogens is 173 g/mol. The van der Waals surface area contributed by atoms with E-state index in [2.05, 4.69) is 27.1 Å². The van der Waals surface area contributed by atoms with E-state index in [1.165, 1.54) is 6.07 Å². The largest absolute Gasteiger partial charge is 0.250 e. The van der Waals surface area contributed by atoms with Gasteiger partial charge in [-0.05, 0) is 22.0 Å². The van der Waals surface area contributed by atoms with Gasteiger partial charge in [-0.25, -0.2) is 4.39 Å². The molecule has 1 heterocycles. The number of aromatic nitrogens is 1. The average Bonchev–Trinajstić information content (AvgIpc) is 1.64. The van der Waals surface area contributed by atoms with Gasteiger partial charge in [-0.1, -0.05) is 0 Å². The van der Waals surface area contributed by atoms with E-state index in [9.17, 15) is 4.39 Å². The van der Waals surface area contributed by atoms with Crippen molar-refractivity contribution in [3.05, 3.63) is 28.7 Å². The minimum absolute atomic E-state index is 0.351. The van der Waals surface area contributed by atoms with Gasteiger partial charge in [0.15, 0.2) is 0 Å². The molecule has 1 nitrogen and oxygen atoms in total. The van der Waals surface area contributed by atoms with E-state index >= 15 is 0 Å². The highest BCUT2D eigenvalue weighted by Gasteiger charge is 1.88. The standard InChI is InChI=1S/C5H2BrFN/c6-4-1-5(7)3-8-2-4/h1,3H. The predicted molar refractivity (Wildman–Crippen MR) is 30.7 cm³/mol. The SMILES string of the molecule is Fc1cn[c]c(Br)c1. The molecule has 0 aromatic carbocycles. The quantitative estimate of drug-likeness (QED) is 0.585. The van der Waals surface area contributed by atoms with Crippen molar-refractivity contribution in [3.8, 4) is 0 Å². The maximum atomic E-state index is 12.1. The van der Waals surface area contributed by atoms with E-state index in [0.717, 1.165) is 6.20 Å². The highest BCUT2D eigenvalue weighted by atomic mass is 79.9. The third-order valence-electron chi connectivity index (χ3n) is 0.624. The molecule has 0 N–H and O–H groups in total. The summed E-state index contributed by atoms with van der Waals surface area (Å²) in [5.74, 6) is -0.351. The van der Waals surface area contributed by atoms with Crippen LogP contribution in [0.1, 0.15) is 0 Å². The van der Waals surface area contributed by atoms with Crippen LogP contribution in [0.4, 0.5) is 4.39 Å². The van der Waals surface area contributed by atoms with Gasteiger partial charge in [-0.3, -0.25) is 4.98 Å². The van der Waals surface area contributed by atoms with Crippen molar-refractivity contribution in [2.24, 2.45) is 0 Å². The molecule has 1 rings (SSSR count). The number of hydrogen-bond donors (Lipinski definition) is 0. The molecule has 0 unspecified atom stereocenters. The molecule has 0 spiro atoms. The lowest BCUT2D eigenvalue weighted by Crippen LogP contribution is -1.75. The van der Waals surface area contributed by atoms with Crippen molar-refractivity contribution < 1.29 is 4.39 Å². The number of hydrogen-bond acceptors (Lipinski definition) is 1. The summed E-state index contributed by atoms with van der Waals surface area (Å²) in [6.07, 6.45) is 3.60. The third kappa shape index (κ3) is 1.26. The minimum atomic E-state index is -0.351. The third-order valence-corrected chi connectivity index (χ3v) is 1.03. The zero-order valence-electron chi connectivity index (χ0n) is 3.86. The molecule has 0 aliphatic heterocycles. The molecule has 1 radical (unpaired) electrons. The van der Waals surface area contributed by atoms with Gasteiger partial charge in [0, 0.05) is 4.47 Å². The van der Waals surface area contributed by atoms with Crippen LogP contribution in [-0.2, 0) is 0 Å². The van der Waals surface area contributed by atoms with E-state index in [0.29, 0.717) is 4.47 Å². The summed E-state index contributed by atoms with van der Waals surface area (Å²) in [5, 5.41) is 0. The molecule has 0 fully saturated rings. The van der Waals surface area contributed by atoms with Gasteiger partial charge < -0.3 is 0 Å². The van der Waals surface area contributed by atoms with Crippen molar-refractivity contribution in [2.75, 3.05) is 0 Å². The van der Waals surface area contributed by atoms with E-state index in [-0.39, 0.29) is 5.82 Å². The lowest BCUT2D eigenvalue weighted by Gasteiger charge is -1.84. The zero-order valence-corrected chi connectivity index (χ0v) is 5.44. The molecule has 0 saturated heterocycles. The lowest BCUT2D eigenvalue weighted by atomic mass is 10.5. The van der Waals surface area contributed by atoms with Crippen LogP contribution < -0.4 is 0 Å². The lowest BCUT2D eigenvalue weighted by molar-refractivity contribution is 0.620. The van der Waals surface area contributed by atoms with E-state index in [4.69, 9.17) is 0 Å². The molecule has 1 aromatic rings. The molecule has 0 atom stereocenters. The first-order valence-corrected chi connectivity index (χ1v) is 2.77. The number of pyridine rings is 1. The highest BCUT2D eigenvalue weighted by molar-refractivity contribution is 9.10. The monoisotopic (exact) mass is 174 g/mol. The molecule has 0 aliphatic rings. The van der Waals surface area contributed by atoms with Gasteiger partial charge >= 0.3 is 0 Å². The summed E-state index contributed by atoms with van der Waals surface area (Å²) in [6.45, 7) is 0. The molecule has 0 aliphatic carbocycles. The van der Waals surface area contributed by atoms with Crippen LogP contribution in [0.15, 0.2) is 16.7 Å². The van der Waals surface area contributed by atoms with Gasteiger partial charge in [-0.2, -0.15) is 0 Å². The summed E-state index contributed by atoms with van der Waals surface area (Å²) in [7, 11) is 0. The summed E-state index contributed by atoms with van der Waals surface area (Å²) < 4.78 is 12.6. The Balaban J connectivity index is 3.08. The summed E-state index contributed by atoms with van der Waals surface area (Å²) in [4.78, 5) is 3.44.